The van der Waals surface area contributed by atoms with Crippen molar-refractivity contribution in [3.05, 3.63) is 42.4 Å². The maximum absolute atomic E-state index is 12.3. The third kappa shape index (κ3) is 5.50. The molecule has 9 nitrogen and oxygen atoms in total. The van der Waals surface area contributed by atoms with Crippen molar-refractivity contribution in [2.75, 3.05) is 23.4 Å². The van der Waals surface area contributed by atoms with Gasteiger partial charge in [-0.05, 0) is 51.1 Å². The molecule has 0 atom stereocenters. The summed E-state index contributed by atoms with van der Waals surface area (Å²) in [6.45, 7) is 5.14. The van der Waals surface area contributed by atoms with Gasteiger partial charge in [0, 0.05) is 5.69 Å². The molecule has 2 aromatic rings. The summed E-state index contributed by atoms with van der Waals surface area (Å²) in [6.07, 6.45) is 0.894. The van der Waals surface area contributed by atoms with Crippen molar-refractivity contribution in [3.8, 4) is 5.75 Å². The smallest absolute Gasteiger partial charge is 0.412 e. The van der Waals surface area contributed by atoms with Crippen LogP contribution in [0, 0.1) is 0 Å². The Morgan fingerprint density at radius 3 is 2.72 bits per heavy atom. The van der Waals surface area contributed by atoms with Crippen LogP contribution in [-0.2, 0) is 20.9 Å². The number of hydrogen-bond donors (Lipinski definition) is 2. The highest BCUT2D eigenvalue weighted by atomic mass is 16.6. The van der Waals surface area contributed by atoms with E-state index in [2.05, 4.69) is 10.6 Å². The van der Waals surface area contributed by atoms with Crippen molar-refractivity contribution in [1.29, 1.82) is 0 Å². The van der Waals surface area contributed by atoms with Gasteiger partial charge in [-0.1, -0.05) is 0 Å². The van der Waals surface area contributed by atoms with Crippen LogP contribution in [0.15, 0.2) is 41.0 Å². The average molecular weight is 401 g/mol. The quantitative estimate of drug-likeness (QED) is 0.797. The van der Waals surface area contributed by atoms with Crippen molar-refractivity contribution in [2.45, 2.75) is 32.9 Å². The Hall–Kier alpha value is -3.49. The zero-order chi connectivity index (χ0) is 21.0. The molecule has 0 saturated heterocycles. The molecule has 1 aliphatic heterocycles. The molecule has 0 saturated carbocycles. The second-order valence-corrected chi connectivity index (χ2v) is 7.43. The molecule has 3 amide bonds. The van der Waals surface area contributed by atoms with Gasteiger partial charge in [0.05, 0.1) is 18.5 Å². The normalized spacial score (nSPS) is 13.3. The number of carbonyl (C=O) groups excluding carboxylic acids is 3. The summed E-state index contributed by atoms with van der Waals surface area (Å²) in [5.41, 5.74) is 0.162. The lowest BCUT2D eigenvalue weighted by molar-refractivity contribution is -0.125. The third-order valence-electron chi connectivity index (χ3n) is 3.89. The Bertz CT molecular complexity index is 901. The minimum absolute atomic E-state index is 0.169. The van der Waals surface area contributed by atoms with Crippen molar-refractivity contribution >= 4 is 29.3 Å². The molecule has 0 bridgehead atoms. The van der Waals surface area contributed by atoms with E-state index in [4.69, 9.17) is 13.9 Å². The monoisotopic (exact) mass is 401 g/mol. The molecule has 1 aromatic carbocycles. The predicted octanol–water partition coefficient (Wildman–Crippen LogP) is 2.67. The van der Waals surface area contributed by atoms with Crippen molar-refractivity contribution in [3.63, 3.8) is 0 Å². The molecule has 9 heteroatoms. The number of furan rings is 1. The molecule has 0 fully saturated rings. The van der Waals surface area contributed by atoms with Gasteiger partial charge in [0.2, 0.25) is 5.91 Å². The molecule has 29 heavy (non-hydrogen) atoms. The third-order valence-corrected chi connectivity index (χ3v) is 3.89. The summed E-state index contributed by atoms with van der Waals surface area (Å²) in [7, 11) is 0. The van der Waals surface area contributed by atoms with Gasteiger partial charge in [0.25, 0.3) is 5.91 Å². The number of ether oxygens (including phenoxy) is 2. The molecule has 2 N–H and O–H groups in total. The number of nitrogens with zero attached hydrogens (tertiary/aromatic N) is 1. The summed E-state index contributed by atoms with van der Waals surface area (Å²) in [4.78, 5) is 38.0. The second-order valence-electron chi connectivity index (χ2n) is 7.43. The van der Waals surface area contributed by atoms with E-state index in [-0.39, 0.29) is 31.5 Å². The fourth-order valence-corrected chi connectivity index (χ4v) is 2.67. The number of nitrogens with one attached hydrogen (secondary N) is 2. The predicted molar refractivity (Wildman–Crippen MR) is 105 cm³/mol. The highest BCUT2D eigenvalue weighted by molar-refractivity contribution is 6.03. The standard InChI is InChI=1S/C20H23N3O6/c1-20(2,3)29-19(26)22-13-6-7-16-15(9-13)23(18(25)12-28-16)11-17(24)21-10-14-5-4-8-27-14/h4-9H,10-12H2,1-3H3,(H,21,24)(H,22,26). The number of fused-ring (bicyclic) bond motifs is 1. The van der Waals surface area contributed by atoms with Crippen LogP contribution in [0.5, 0.6) is 5.75 Å². The highest BCUT2D eigenvalue weighted by Gasteiger charge is 2.28. The fourth-order valence-electron chi connectivity index (χ4n) is 2.67. The van der Waals surface area contributed by atoms with Crippen LogP contribution in [-0.4, -0.2) is 36.7 Å². The minimum atomic E-state index is -0.643. The van der Waals surface area contributed by atoms with Gasteiger partial charge < -0.3 is 19.2 Å². The van der Waals surface area contributed by atoms with E-state index in [1.165, 1.54) is 11.2 Å². The van der Waals surface area contributed by atoms with Crippen molar-refractivity contribution in [1.82, 2.24) is 5.32 Å². The summed E-state index contributed by atoms with van der Waals surface area (Å²) < 4.78 is 15.8. The minimum Gasteiger partial charge on any atom is -0.482 e. The van der Waals surface area contributed by atoms with Crippen molar-refractivity contribution < 1.29 is 28.3 Å². The first-order valence-corrected chi connectivity index (χ1v) is 9.07. The highest BCUT2D eigenvalue weighted by Crippen LogP contribution is 2.34. The van der Waals surface area contributed by atoms with Crippen LogP contribution in [0.1, 0.15) is 26.5 Å². The number of amides is 3. The Balaban J connectivity index is 1.70. The number of carbonyl (C=O) groups is 3. The van der Waals surface area contributed by atoms with Crippen LogP contribution >= 0.6 is 0 Å². The fraction of sp³-hybridized carbons (Fsp3) is 0.350. The molecule has 0 spiro atoms. The summed E-state index contributed by atoms with van der Waals surface area (Å²) in [5.74, 6) is 0.335. The van der Waals surface area contributed by atoms with Gasteiger partial charge in [-0.3, -0.25) is 19.8 Å². The Labute approximate surface area is 167 Å². The second kappa shape index (κ2) is 8.26. The van der Waals surface area contributed by atoms with E-state index in [0.717, 1.165) is 0 Å². The van der Waals surface area contributed by atoms with E-state index < -0.39 is 11.7 Å². The first-order valence-electron chi connectivity index (χ1n) is 9.07. The summed E-state index contributed by atoms with van der Waals surface area (Å²) >= 11 is 0. The molecule has 0 radical (unpaired) electrons. The first kappa shape index (κ1) is 20.2. The molecule has 0 aliphatic carbocycles. The van der Waals surface area contributed by atoms with Crippen LogP contribution in [0.4, 0.5) is 16.2 Å². The topological polar surface area (TPSA) is 110 Å². The van der Waals surface area contributed by atoms with Gasteiger partial charge in [0.1, 0.15) is 23.7 Å². The van der Waals surface area contributed by atoms with Crippen molar-refractivity contribution in [2.24, 2.45) is 0 Å². The van der Waals surface area contributed by atoms with E-state index in [9.17, 15) is 14.4 Å². The van der Waals surface area contributed by atoms with E-state index in [1.807, 2.05) is 0 Å². The summed E-state index contributed by atoms with van der Waals surface area (Å²) in [6, 6.07) is 8.29. The molecule has 0 unspecified atom stereocenters. The molecule has 2 heterocycles. The zero-order valence-corrected chi connectivity index (χ0v) is 16.5. The van der Waals surface area contributed by atoms with Gasteiger partial charge in [-0.15, -0.1) is 0 Å². The van der Waals surface area contributed by atoms with Gasteiger partial charge in [0.15, 0.2) is 6.61 Å². The van der Waals surface area contributed by atoms with E-state index in [0.29, 0.717) is 22.9 Å². The van der Waals surface area contributed by atoms with Gasteiger partial charge in [-0.25, -0.2) is 4.79 Å². The largest absolute Gasteiger partial charge is 0.482 e. The van der Waals surface area contributed by atoms with Crippen LogP contribution in [0.3, 0.4) is 0 Å². The number of benzene rings is 1. The van der Waals surface area contributed by atoms with Gasteiger partial charge >= 0.3 is 6.09 Å². The van der Waals surface area contributed by atoms with Crippen LogP contribution in [0.25, 0.3) is 0 Å². The van der Waals surface area contributed by atoms with E-state index in [1.54, 1.807) is 51.1 Å². The zero-order valence-electron chi connectivity index (χ0n) is 16.5. The number of anilines is 2. The SMILES string of the molecule is CC(C)(C)OC(=O)Nc1ccc2c(c1)N(CC(=O)NCc1ccco1)C(=O)CO2. The van der Waals surface area contributed by atoms with Crippen LogP contribution in [0.2, 0.25) is 0 Å². The number of rotatable bonds is 5. The van der Waals surface area contributed by atoms with E-state index >= 15 is 0 Å². The molecular formula is C20H23N3O6. The maximum Gasteiger partial charge on any atom is 0.412 e. The Morgan fingerprint density at radius 1 is 1.24 bits per heavy atom. The lowest BCUT2D eigenvalue weighted by Crippen LogP contribution is -2.45. The number of hydrogen-bond acceptors (Lipinski definition) is 6. The summed E-state index contributed by atoms with van der Waals surface area (Å²) in [5, 5.41) is 5.31. The molecule has 3 rings (SSSR count). The molecule has 1 aromatic heterocycles. The first-order chi connectivity index (χ1) is 13.7. The average Bonchev–Trinajstić information content (AvgIpc) is 3.14. The molecule has 1 aliphatic rings. The maximum atomic E-state index is 12.3. The Morgan fingerprint density at radius 2 is 2.03 bits per heavy atom. The molecular weight excluding hydrogens is 378 g/mol. The molecule has 154 valence electrons. The Kier molecular flexibility index (Phi) is 5.76. The lowest BCUT2D eigenvalue weighted by atomic mass is 10.2. The lowest BCUT2D eigenvalue weighted by Gasteiger charge is -2.29. The van der Waals surface area contributed by atoms with Gasteiger partial charge in [-0.2, -0.15) is 0 Å². The van der Waals surface area contributed by atoms with Crippen LogP contribution < -0.4 is 20.3 Å².